The lowest BCUT2D eigenvalue weighted by Gasteiger charge is -2.14. The first-order chi connectivity index (χ1) is 7.39. The number of rotatable bonds is 5. The minimum absolute atomic E-state index is 0.271. The van der Waals surface area contributed by atoms with Gasteiger partial charge in [-0.25, -0.2) is 8.42 Å². The van der Waals surface area contributed by atoms with E-state index in [0.717, 1.165) is 17.1 Å². The highest BCUT2D eigenvalue weighted by molar-refractivity contribution is 9.11. The smallest absolute Gasteiger partial charge is 0.206 e. The van der Waals surface area contributed by atoms with Crippen molar-refractivity contribution in [2.75, 3.05) is 25.6 Å². The van der Waals surface area contributed by atoms with Crippen LogP contribution in [-0.4, -0.2) is 38.3 Å². The molecule has 0 bridgehead atoms. The van der Waals surface area contributed by atoms with Crippen molar-refractivity contribution in [2.45, 2.75) is 4.21 Å². The maximum absolute atomic E-state index is 12.1. The van der Waals surface area contributed by atoms with Crippen LogP contribution in [0.5, 0.6) is 0 Å². The fourth-order valence-corrected chi connectivity index (χ4v) is 5.30. The zero-order valence-electron chi connectivity index (χ0n) is 8.74. The molecule has 0 N–H and O–H groups in total. The van der Waals surface area contributed by atoms with E-state index in [0.29, 0.717) is 15.4 Å². The molecule has 0 amide bonds. The van der Waals surface area contributed by atoms with Crippen LogP contribution in [0, 0.1) is 0 Å². The molecule has 3 nitrogen and oxygen atoms in total. The number of hydrogen-bond acceptors (Lipinski definition) is 4. The third kappa shape index (κ3) is 3.36. The molecule has 0 aliphatic rings. The predicted molar refractivity (Wildman–Crippen MR) is 75.2 cm³/mol. The van der Waals surface area contributed by atoms with Gasteiger partial charge in [0.05, 0.1) is 8.81 Å². The predicted octanol–water partition coefficient (Wildman–Crippen LogP) is 3.15. The van der Waals surface area contributed by atoms with Gasteiger partial charge in [0.2, 0.25) is 0 Å². The fourth-order valence-electron chi connectivity index (χ4n) is 0.947. The minimum Gasteiger partial charge on any atom is -0.206 e. The van der Waals surface area contributed by atoms with Crippen LogP contribution in [0.2, 0.25) is 5.02 Å². The highest BCUT2D eigenvalue weighted by Crippen LogP contribution is 2.35. The lowest BCUT2D eigenvalue weighted by molar-refractivity contribution is 0.490. The third-order valence-electron chi connectivity index (χ3n) is 1.90. The number of hydrogen-bond donors (Lipinski definition) is 0. The van der Waals surface area contributed by atoms with Crippen molar-refractivity contribution >= 4 is 60.7 Å². The Balaban J connectivity index is 2.93. The van der Waals surface area contributed by atoms with Crippen molar-refractivity contribution < 1.29 is 8.42 Å². The molecule has 1 heterocycles. The van der Waals surface area contributed by atoms with E-state index in [1.165, 1.54) is 10.4 Å². The summed E-state index contributed by atoms with van der Waals surface area (Å²) in [6.07, 6.45) is 1.94. The molecule has 0 unspecified atom stereocenters. The van der Waals surface area contributed by atoms with Crippen molar-refractivity contribution in [3.05, 3.63) is 14.9 Å². The van der Waals surface area contributed by atoms with Gasteiger partial charge in [-0.3, -0.25) is 0 Å². The summed E-state index contributed by atoms with van der Waals surface area (Å²) in [6, 6.07) is 1.47. The standard InChI is InChI=1S/C8H11BrClNO2S3/c1-11(3-4-14-2)16(12,13)7-5-6(10)8(9)15-7/h5H,3-4H2,1-2H3. The van der Waals surface area contributed by atoms with Gasteiger partial charge in [0.25, 0.3) is 10.0 Å². The van der Waals surface area contributed by atoms with Crippen LogP contribution in [0.4, 0.5) is 0 Å². The molecule has 1 aromatic heterocycles. The summed E-state index contributed by atoms with van der Waals surface area (Å²) in [7, 11) is -1.81. The molecule has 0 spiro atoms. The molecule has 16 heavy (non-hydrogen) atoms. The lowest BCUT2D eigenvalue weighted by Crippen LogP contribution is -2.28. The first kappa shape index (κ1) is 14.8. The topological polar surface area (TPSA) is 37.4 Å². The Morgan fingerprint density at radius 1 is 1.62 bits per heavy atom. The normalized spacial score (nSPS) is 12.3. The molecule has 0 aliphatic carbocycles. The van der Waals surface area contributed by atoms with Crippen molar-refractivity contribution in [3.8, 4) is 0 Å². The number of sulfonamides is 1. The van der Waals surface area contributed by atoms with E-state index in [1.807, 2.05) is 6.26 Å². The molecule has 0 radical (unpaired) electrons. The average Bonchev–Trinajstić information content (AvgIpc) is 2.56. The largest absolute Gasteiger partial charge is 0.252 e. The van der Waals surface area contributed by atoms with Crippen LogP contribution in [0.15, 0.2) is 14.1 Å². The maximum atomic E-state index is 12.1. The average molecular weight is 365 g/mol. The summed E-state index contributed by atoms with van der Waals surface area (Å²) >= 11 is 11.8. The minimum atomic E-state index is -3.39. The van der Waals surface area contributed by atoms with Gasteiger partial charge in [-0.15, -0.1) is 11.3 Å². The van der Waals surface area contributed by atoms with E-state index in [9.17, 15) is 8.42 Å². The first-order valence-electron chi connectivity index (χ1n) is 4.29. The van der Waals surface area contributed by atoms with Crippen LogP contribution in [-0.2, 0) is 10.0 Å². The molecular weight excluding hydrogens is 354 g/mol. The lowest BCUT2D eigenvalue weighted by atomic mass is 10.7. The molecule has 0 aliphatic heterocycles. The van der Waals surface area contributed by atoms with E-state index in [1.54, 1.807) is 18.8 Å². The second kappa shape index (κ2) is 6.06. The molecule has 0 aromatic carbocycles. The molecule has 8 heteroatoms. The highest BCUT2D eigenvalue weighted by Gasteiger charge is 2.23. The van der Waals surface area contributed by atoms with Crippen molar-refractivity contribution in [1.29, 1.82) is 0 Å². The summed E-state index contributed by atoms with van der Waals surface area (Å²) in [4.78, 5) is 0. The van der Waals surface area contributed by atoms with Gasteiger partial charge in [-0.2, -0.15) is 16.1 Å². The van der Waals surface area contributed by atoms with Crippen LogP contribution in [0.3, 0.4) is 0 Å². The van der Waals surface area contributed by atoms with Gasteiger partial charge in [-0.1, -0.05) is 11.6 Å². The Labute approximate surface area is 117 Å². The molecule has 0 fully saturated rings. The summed E-state index contributed by atoms with van der Waals surface area (Å²) < 4.78 is 26.4. The van der Waals surface area contributed by atoms with Gasteiger partial charge in [0.15, 0.2) is 0 Å². The van der Waals surface area contributed by atoms with Crippen LogP contribution in [0.1, 0.15) is 0 Å². The third-order valence-corrected chi connectivity index (χ3v) is 7.27. The first-order valence-corrected chi connectivity index (χ1v) is 9.12. The van der Waals surface area contributed by atoms with Gasteiger partial charge in [-0.05, 0) is 28.3 Å². The fraction of sp³-hybridized carbons (Fsp3) is 0.500. The van der Waals surface area contributed by atoms with Gasteiger partial charge in [0, 0.05) is 19.3 Å². The van der Waals surface area contributed by atoms with Gasteiger partial charge in [0.1, 0.15) is 4.21 Å². The number of nitrogens with zero attached hydrogens (tertiary/aromatic N) is 1. The molecule has 1 aromatic rings. The Morgan fingerprint density at radius 2 is 2.25 bits per heavy atom. The molecular formula is C8H11BrClNO2S3. The maximum Gasteiger partial charge on any atom is 0.252 e. The summed E-state index contributed by atoms with van der Waals surface area (Å²) in [5.74, 6) is 0.774. The zero-order chi connectivity index (χ0) is 12.3. The molecule has 0 saturated carbocycles. The number of thiophene rings is 1. The van der Waals surface area contributed by atoms with Crippen LogP contribution in [0.25, 0.3) is 0 Å². The van der Waals surface area contributed by atoms with Crippen molar-refractivity contribution in [2.24, 2.45) is 0 Å². The highest BCUT2D eigenvalue weighted by atomic mass is 79.9. The second-order valence-corrected chi connectivity index (χ2v) is 9.04. The van der Waals surface area contributed by atoms with E-state index < -0.39 is 10.0 Å². The van der Waals surface area contributed by atoms with Gasteiger partial charge >= 0.3 is 0 Å². The summed E-state index contributed by atoms with van der Waals surface area (Å²) in [6.45, 7) is 0.497. The van der Waals surface area contributed by atoms with Crippen molar-refractivity contribution in [3.63, 3.8) is 0 Å². The number of halogens is 2. The Hall–Kier alpha value is 0.730. The van der Waals surface area contributed by atoms with E-state index >= 15 is 0 Å². The Kier molecular flexibility index (Phi) is 5.60. The second-order valence-electron chi connectivity index (χ2n) is 3.01. The van der Waals surface area contributed by atoms with E-state index in [4.69, 9.17) is 11.6 Å². The monoisotopic (exact) mass is 363 g/mol. The molecule has 0 atom stereocenters. The van der Waals surface area contributed by atoms with Crippen LogP contribution < -0.4 is 0 Å². The van der Waals surface area contributed by atoms with Crippen molar-refractivity contribution in [1.82, 2.24) is 4.31 Å². The van der Waals surface area contributed by atoms with E-state index in [2.05, 4.69) is 15.9 Å². The zero-order valence-corrected chi connectivity index (χ0v) is 13.5. The molecule has 1 rings (SSSR count). The van der Waals surface area contributed by atoms with Gasteiger partial charge < -0.3 is 0 Å². The van der Waals surface area contributed by atoms with E-state index in [-0.39, 0.29) is 4.21 Å². The Bertz CT molecular complexity index is 440. The van der Waals surface area contributed by atoms with Crippen LogP contribution >= 0.6 is 50.6 Å². The summed E-state index contributed by atoms with van der Waals surface area (Å²) in [5, 5.41) is 0.432. The Morgan fingerprint density at radius 3 is 2.69 bits per heavy atom. The molecule has 92 valence electrons. The number of thioether (sulfide) groups is 1. The quantitative estimate of drug-likeness (QED) is 0.805. The molecule has 0 saturated heterocycles. The summed E-state index contributed by atoms with van der Waals surface area (Å²) in [5.41, 5.74) is 0. The SMILES string of the molecule is CSCCN(C)S(=O)(=O)c1cc(Cl)c(Br)s1.